The van der Waals surface area contributed by atoms with Gasteiger partial charge in [-0.2, -0.15) is 0 Å². The zero-order chi connectivity index (χ0) is 12.8. The highest BCUT2D eigenvalue weighted by molar-refractivity contribution is 5.51. The monoisotopic (exact) mass is 252 g/mol. The van der Waals surface area contributed by atoms with Gasteiger partial charge in [0.05, 0.1) is 31.5 Å². The van der Waals surface area contributed by atoms with Crippen LogP contribution in [0.2, 0.25) is 0 Å². The second-order valence-corrected chi connectivity index (χ2v) is 4.33. The third kappa shape index (κ3) is 3.35. The second-order valence-electron chi connectivity index (χ2n) is 4.33. The van der Waals surface area contributed by atoms with Crippen LogP contribution in [0.15, 0.2) is 24.3 Å². The standard InChI is InChI=1S/C13H20N2O3/c14-12-3-1-2-4-13(12)18-8-6-15-5-7-17-10-11(15)9-16/h1-4,11,16H,5-10,14H2. The molecule has 0 saturated carbocycles. The Morgan fingerprint density at radius 3 is 3.06 bits per heavy atom. The van der Waals surface area contributed by atoms with Crippen LogP contribution >= 0.6 is 0 Å². The number of nitrogens with two attached hydrogens (primary N) is 1. The number of hydrogen-bond acceptors (Lipinski definition) is 5. The summed E-state index contributed by atoms with van der Waals surface area (Å²) in [5.41, 5.74) is 6.45. The highest BCUT2D eigenvalue weighted by Gasteiger charge is 2.21. The van der Waals surface area contributed by atoms with Gasteiger partial charge in [-0.25, -0.2) is 0 Å². The molecule has 1 heterocycles. The van der Waals surface area contributed by atoms with E-state index in [4.69, 9.17) is 15.2 Å². The summed E-state index contributed by atoms with van der Waals surface area (Å²) in [7, 11) is 0. The molecule has 1 aromatic carbocycles. The number of aliphatic hydroxyl groups is 1. The van der Waals surface area contributed by atoms with Crippen molar-refractivity contribution >= 4 is 5.69 Å². The van der Waals surface area contributed by atoms with Gasteiger partial charge < -0.3 is 20.3 Å². The van der Waals surface area contributed by atoms with Crippen LogP contribution < -0.4 is 10.5 Å². The van der Waals surface area contributed by atoms with Crippen LogP contribution in [0.3, 0.4) is 0 Å². The molecule has 5 nitrogen and oxygen atoms in total. The molecule has 1 aliphatic heterocycles. The number of hydrogen-bond donors (Lipinski definition) is 2. The second kappa shape index (κ2) is 6.58. The lowest BCUT2D eigenvalue weighted by Gasteiger charge is -2.34. The maximum absolute atomic E-state index is 9.24. The van der Waals surface area contributed by atoms with E-state index in [1.165, 1.54) is 0 Å². The number of rotatable bonds is 5. The lowest BCUT2D eigenvalue weighted by Crippen LogP contribution is -2.48. The Morgan fingerprint density at radius 1 is 1.44 bits per heavy atom. The summed E-state index contributed by atoms with van der Waals surface area (Å²) in [6.07, 6.45) is 0. The number of aliphatic hydroxyl groups excluding tert-OH is 1. The molecule has 100 valence electrons. The molecule has 18 heavy (non-hydrogen) atoms. The molecule has 0 radical (unpaired) electrons. The summed E-state index contributed by atoms with van der Waals surface area (Å²) < 4.78 is 11.0. The molecule has 3 N–H and O–H groups in total. The zero-order valence-electron chi connectivity index (χ0n) is 10.4. The lowest BCUT2D eigenvalue weighted by molar-refractivity contribution is -0.0312. The van der Waals surface area contributed by atoms with E-state index in [-0.39, 0.29) is 12.6 Å². The van der Waals surface area contributed by atoms with Crippen molar-refractivity contribution in [2.75, 3.05) is 45.3 Å². The van der Waals surface area contributed by atoms with Crippen LogP contribution in [0, 0.1) is 0 Å². The molecule has 0 spiro atoms. The number of para-hydroxylation sites is 2. The van der Waals surface area contributed by atoms with Crippen LogP contribution in [0.4, 0.5) is 5.69 Å². The highest BCUT2D eigenvalue weighted by Crippen LogP contribution is 2.19. The van der Waals surface area contributed by atoms with Gasteiger partial charge >= 0.3 is 0 Å². The van der Waals surface area contributed by atoms with E-state index < -0.39 is 0 Å². The highest BCUT2D eigenvalue weighted by atomic mass is 16.5. The van der Waals surface area contributed by atoms with Crippen molar-refractivity contribution in [3.63, 3.8) is 0 Å². The molecule has 0 aromatic heterocycles. The van der Waals surface area contributed by atoms with Crippen LogP contribution in [0.5, 0.6) is 5.75 Å². The van der Waals surface area contributed by atoms with Gasteiger partial charge in [-0.3, -0.25) is 4.90 Å². The Balaban J connectivity index is 1.79. The van der Waals surface area contributed by atoms with Crippen LogP contribution in [-0.4, -0.2) is 55.6 Å². The topological polar surface area (TPSA) is 68.0 Å². The minimum absolute atomic E-state index is 0.0791. The lowest BCUT2D eigenvalue weighted by atomic mass is 10.2. The number of morpholine rings is 1. The molecule has 2 rings (SSSR count). The summed E-state index contributed by atoms with van der Waals surface area (Å²) in [4.78, 5) is 2.18. The van der Waals surface area contributed by atoms with Gasteiger partial charge in [0.1, 0.15) is 12.4 Å². The van der Waals surface area contributed by atoms with E-state index in [0.29, 0.717) is 31.3 Å². The quantitative estimate of drug-likeness (QED) is 0.740. The summed E-state index contributed by atoms with van der Waals surface area (Å²) in [5.74, 6) is 0.714. The van der Waals surface area contributed by atoms with Crippen molar-refractivity contribution in [1.82, 2.24) is 4.90 Å². The smallest absolute Gasteiger partial charge is 0.142 e. The van der Waals surface area contributed by atoms with E-state index in [0.717, 1.165) is 13.1 Å². The maximum atomic E-state index is 9.24. The van der Waals surface area contributed by atoms with E-state index >= 15 is 0 Å². The Kier molecular flexibility index (Phi) is 4.81. The minimum Gasteiger partial charge on any atom is -0.490 e. The van der Waals surface area contributed by atoms with E-state index in [1.54, 1.807) is 0 Å². The van der Waals surface area contributed by atoms with Crippen molar-refractivity contribution in [3.8, 4) is 5.75 Å². The van der Waals surface area contributed by atoms with Gasteiger partial charge in [-0.1, -0.05) is 12.1 Å². The molecule has 0 aliphatic carbocycles. The van der Waals surface area contributed by atoms with Gasteiger partial charge in [0.15, 0.2) is 0 Å². The minimum atomic E-state index is 0.0791. The zero-order valence-corrected chi connectivity index (χ0v) is 10.4. The Morgan fingerprint density at radius 2 is 2.28 bits per heavy atom. The fourth-order valence-electron chi connectivity index (χ4n) is 2.04. The van der Waals surface area contributed by atoms with Gasteiger partial charge in [0.25, 0.3) is 0 Å². The average molecular weight is 252 g/mol. The van der Waals surface area contributed by atoms with Gasteiger partial charge in [-0.15, -0.1) is 0 Å². The Bertz CT molecular complexity index is 373. The summed E-state index contributed by atoms with van der Waals surface area (Å²) in [5, 5.41) is 9.24. The third-order valence-electron chi connectivity index (χ3n) is 3.12. The van der Waals surface area contributed by atoms with Crippen molar-refractivity contribution in [2.24, 2.45) is 0 Å². The summed E-state index contributed by atoms with van der Waals surface area (Å²) in [6.45, 7) is 3.58. The Hall–Kier alpha value is -1.30. The molecule has 0 amide bonds. The summed E-state index contributed by atoms with van der Waals surface area (Å²) >= 11 is 0. The van der Waals surface area contributed by atoms with Gasteiger partial charge in [0, 0.05) is 13.1 Å². The number of nitrogen functional groups attached to an aromatic ring is 1. The van der Waals surface area contributed by atoms with Crippen LogP contribution in [0.25, 0.3) is 0 Å². The fraction of sp³-hybridized carbons (Fsp3) is 0.538. The Labute approximate surface area is 107 Å². The fourth-order valence-corrected chi connectivity index (χ4v) is 2.04. The molecule has 1 fully saturated rings. The predicted molar refractivity (Wildman–Crippen MR) is 69.6 cm³/mol. The SMILES string of the molecule is Nc1ccccc1OCCN1CCOCC1CO. The molecule has 1 aliphatic rings. The van der Waals surface area contributed by atoms with E-state index in [2.05, 4.69) is 4.90 Å². The van der Waals surface area contributed by atoms with E-state index in [9.17, 15) is 5.11 Å². The van der Waals surface area contributed by atoms with Crippen molar-refractivity contribution in [2.45, 2.75) is 6.04 Å². The first-order valence-electron chi connectivity index (χ1n) is 6.21. The first-order chi connectivity index (χ1) is 8.81. The third-order valence-corrected chi connectivity index (χ3v) is 3.12. The van der Waals surface area contributed by atoms with Crippen molar-refractivity contribution in [1.29, 1.82) is 0 Å². The molecule has 1 atom stereocenters. The number of nitrogens with zero attached hydrogens (tertiary/aromatic N) is 1. The molecule has 0 bridgehead atoms. The van der Waals surface area contributed by atoms with Crippen LogP contribution in [0.1, 0.15) is 0 Å². The van der Waals surface area contributed by atoms with Gasteiger partial charge in [0.2, 0.25) is 0 Å². The molecule has 1 aromatic rings. The largest absolute Gasteiger partial charge is 0.490 e. The number of benzene rings is 1. The molecular weight excluding hydrogens is 232 g/mol. The molecular formula is C13H20N2O3. The first-order valence-corrected chi connectivity index (χ1v) is 6.21. The molecule has 5 heteroatoms. The van der Waals surface area contributed by atoms with Crippen LogP contribution in [-0.2, 0) is 4.74 Å². The summed E-state index contributed by atoms with van der Waals surface area (Å²) in [6, 6.07) is 7.54. The normalized spacial score (nSPS) is 20.8. The number of ether oxygens (including phenoxy) is 2. The average Bonchev–Trinajstić information content (AvgIpc) is 2.41. The van der Waals surface area contributed by atoms with Gasteiger partial charge in [-0.05, 0) is 12.1 Å². The molecule has 1 saturated heterocycles. The number of anilines is 1. The van der Waals surface area contributed by atoms with Crippen molar-refractivity contribution < 1.29 is 14.6 Å². The van der Waals surface area contributed by atoms with Crippen molar-refractivity contribution in [3.05, 3.63) is 24.3 Å². The molecule has 1 unspecified atom stereocenters. The first kappa shape index (κ1) is 13.1. The predicted octanol–water partition coefficient (Wildman–Crippen LogP) is 0.341. The maximum Gasteiger partial charge on any atom is 0.142 e. The van der Waals surface area contributed by atoms with E-state index in [1.807, 2.05) is 24.3 Å².